The Kier molecular flexibility index (Phi) is 5.19. The second-order valence-electron chi connectivity index (χ2n) is 7.17. The van der Waals surface area contributed by atoms with E-state index in [4.69, 9.17) is 0 Å². The first-order valence-electron chi connectivity index (χ1n) is 8.85. The van der Waals surface area contributed by atoms with E-state index in [0.29, 0.717) is 5.92 Å². The molecule has 1 aromatic carbocycles. The maximum atomic E-state index is 12.4. The monoisotopic (exact) mass is 330 g/mol. The summed E-state index contributed by atoms with van der Waals surface area (Å²) in [6.45, 7) is 1.41. The van der Waals surface area contributed by atoms with Gasteiger partial charge in [-0.25, -0.2) is 0 Å². The number of amides is 2. The van der Waals surface area contributed by atoms with Crippen LogP contribution in [-0.2, 0) is 9.59 Å². The molecule has 0 spiro atoms. The average molecular weight is 330 g/mol. The van der Waals surface area contributed by atoms with E-state index in [2.05, 4.69) is 10.6 Å². The summed E-state index contributed by atoms with van der Waals surface area (Å²) in [4.78, 5) is 24.8. The first-order valence-corrected chi connectivity index (χ1v) is 8.85. The van der Waals surface area contributed by atoms with Crippen molar-refractivity contribution in [1.82, 2.24) is 10.6 Å². The number of aliphatic hydroxyl groups excluding tert-OH is 1. The van der Waals surface area contributed by atoms with Crippen LogP contribution in [0.3, 0.4) is 0 Å². The van der Waals surface area contributed by atoms with Gasteiger partial charge in [-0.3, -0.25) is 9.59 Å². The molecule has 5 atom stereocenters. The largest absolute Gasteiger partial charge is 0.394 e. The summed E-state index contributed by atoms with van der Waals surface area (Å²) in [5.41, 5.74) is 0.889. The van der Waals surface area contributed by atoms with Crippen molar-refractivity contribution in [3.63, 3.8) is 0 Å². The lowest BCUT2D eigenvalue weighted by Gasteiger charge is -2.26. The molecule has 5 heteroatoms. The van der Waals surface area contributed by atoms with E-state index in [1.807, 2.05) is 30.3 Å². The zero-order valence-corrected chi connectivity index (χ0v) is 14.1. The second kappa shape index (κ2) is 7.34. The Morgan fingerprint density at radius 1 is 1.17 bits per heavy atom. The summed E-state index contributed by atoms with van der Waals surface area (Å²) < 4.78 is 0. The Balaban J connectivity index is 1.55. The maximum absolute atomic E-state index is 12.4. The van der Waals surface area contributed by atoms with E-state index in [9.17, 15) is 14.7 Å². The van der Waals surface area contributed by atoms with Crippen molar-refractivity contribution in [3.8, 4) is 0 Å². The Hall–Kier alpha value is -1.88. The fourth-order valence-corrected chi connectivity index (χ4v) is 4.09. The smallest absolute Gasteiger partial charge is 0.245 e. The molecule has 24 heavy (non-hydrogen) atoms. The van der Waals surface area contributed by atoms with Crippen LogP contribution in [0.25, 0.3) is 0 Å². The van der Waals surface area contributed by atoms with Crippen molar-refractivity contribution >= 4 is 11.8 Å². The van der Waals surface area contributed by atoms with Crippen LogP contribution in [0.4, 0.5) is 0 Å². The quantitative estimate of drug-likeness (QED) is 0.741. The Labute approximate surface area is 142 Å². The molecule has 0 radical (unpaired) electrons. The number of hydrogen-bond acceptors (Lipinski definition) is 3. The summed E-state index contributed by atoms with van der Waals surface area (Å²) in [6, 6.07) is 8.74. The number of rotatable bonds is 6. The van der Waals surface area contributed by atoms with Gasteiger partial charge < -0.3 is 15.7 Å². The van der Waals surface area contributed by atoms with Gasteiger partial charge in [-0.15, -0.1) is 0 Å². The van der Waals surface area contributed by atoms with E-state index in [0.717, 1.165) is 17.9 Å². The summed E-state index contributed by atoms with van der Waals surface area (Å²) >= 11 is 0. The maximum Gasteiger partial charge on any atom is 0.245 e. The number of fused-ring (bicyclic) bond motifs is 2. The van der Waals surface area contributed by atoms with E-state index in [1.54, 1.807) is 6.92 Å². The van der Waals surface area contributed by atoms with Gasteiger partial charge in [0.2, 0.25) is 11.8 Å². The molecule has 2 aliphatic rings. The number of benzene rings is 1. The van der Waals surface area contributed by atoms with Gasteiger partial charge in [-0.05, 0) is 43.6 Å². The molecule has 3 rings (SSSR count). The first kappa shape index (κ1) is 17.0. The van der Waals surface area contributed by atoms with Crippen LogP contribution in [-0.4, -0.2) is 35.6 Å². The van der Waals surface area contributed by atoms with E-state index >= 15 is 0 Å². The van der Waals surface area contributed by atoms with Crippen LogP contribution < -0.4 is 10.6 Å². The third-order valence-corrected chi connectivity index (χ3v) is 5.57. The van der Waals surface area contributed by atoms with Gasteiger partial charge in [-0.1, -0.05) is 36.8 Å². The lowest BCUT2D eigenvalue weighted by atomic mass is 9.95. The SMILES string of the molecule is CC(C(=O)NC(CO)C(=O)NC1CC2CCC1C2)c1ccccc1. The molecular weight excluding hydrogens is 304 g/mol. The minimum atomic E-state index is -0.886. The highest BCUT2D eigenvalue weighted by atomic mass is 16.3. The van der Waals surface area contributed by atoms with E-state index in [1.165, 1.54) is 19.3 Å². The highest BCUT2D eigenvalue weighted by Crippen LogP contribution is 2.44. The molecule has 0 aromatic heterocycles. The number of hydrogen-bond donors (Lipinski definition) is 3. The highest BCUT2D eigenvalue weighted by molar-refractivity contribution is 5.90. The molecule has 0 heterocycles. The number of carbonyl (C=O) groups excluding carboxylic acids is 2. The van der Waals surface area contributed by atoms with Crippen molar-refractivity contribution in [2.45, 2.75) is 50.6 Å². The fourth-order valence-electron chi connectivity index (χ4n) is 4.09. The third kappa shape index (κ3) is 3.61. The zero-order chi connectivity index (χ0) is 17.1. The minimum Gasteiger partial charge on any atom is -0.394 e. The van der Waals surface area contributed by atoms with E-state index in [-0.39, 0.29) is 30.4 Å². The molecule has 3 N–H and O–H groups in total. The topological polar surface area (TPSA) is 78.4 Å². The minimum absolute atomic E-state index is 0.203. The van der Waals surface area contributed by atoms with Crippen molar-refractivity contribution < 1.29 is 14.7 Å². The Bertz CT molecular complexity index is 590. The van der Waals surface area contributed by atoms with E-state index < -0.39 is 6.04 Å². The van der Waals surface area contributed by atoms with Crippen LogP contribution in [0.1, 0.15) is 44.1 Å². The molecule has 130 valence electrons. The normalized spacial score (nSPS) is 27.5. The standard InChI is InChI=1S/C19H26N2O3/c1-12(14-5-3-2-4-6-14)18(23)21-17(11-22)19(24)20-16-10-13-7-8-15(16)9-13/h2-6,12-13,15-17,22H,7-11H2,1H3,(H,20,24)(H,21,23). The molecule has 2 bridgehead atoms. The highest BCUT2D eigenvalue weighted by Gasteiger charge is 2.40. The van der Waals surface area contributed by atoms with Crippen LogP contribution >= 0.6 is 0 Å². The van der Waals surface area contributed by atoms with Gasteiger partial charge >= 0.3 is 0 Å². The van der Waals surface area contributed by atoms with Gasteiger partial charge in [-0.2, -0.15) is 0 Å². The molecule has 0 aliphatic heterocycles. The Morgan fingerprint density at radius 3 is 2.50 bits per heavy atom. The predicted octanol–water partition coefficient (Wildman–Crippen LogP) is 1.57. The predicted molar refractivity (Wildman–Crippen MR) is 91.3 cm³/mol. The van der Waals surface area contributed by atoms with Crippen LogP contribution in [0.15, 0.2) is 30.3 Å². The molecular formula is C19H26N2O3. The molecule has 0 saturated heterocycles. The number of carbonyl (C=O) groups is 2. The average Bonchev–Trinajstić information content (AvgIpc) is 3.22. The first-order chi connectivity index (χ1) is 11.6. The molecule has 2 saturated carbocycles. The summed E-state index contributed by atoms with van der Waals surface area (Å²) in [5, 5.41) is 15.2. The van der Waals surface area contributed by atoms with Crippen LogP contribution in [0.2, 0.25) is 0 Å². The number of nitrogens with one attached hydrogen (secondary N) is 2. The Morgan fingerprint density at radius 2 is 1.92 bits per heavy atom. The summed E-state index contributed by atoms with van der Waals surface area (Å²) in [7, 11) is 0. The fraction of sp³-hybridized carbons (Fsp3) is 0.579. The van der Waals surface area contributed by atoms with Crippen LogP contribution in [0.5, 0.6) is 0 Å². The molecule has 2 fully saturated rings. The van der Waals surface area contributed by atoms with Crippen molar-refractivity contribution in [1.29, 1.82) is 0 Å². The van der Waals surface area contributed by atoms with Crippen molar-refractivity contribution in [3.05, 3.63) is 35.9 Å². The molecule has 5 unspecified atom stereocenters. The lowest BCUT2D eigenvalue weighted by molar-refractivity contribution is -0.131. The number of aliphatic hydroxyl groups is 1. The molecule has 5 nitrogen and oxygen atoms in total. The summed E-state index contributed by atoms with van der Waals surface area (Å²) in [6.07, 6.45) is 4.68. The molecule has 2 aliphatic carbocycles. The van der Waals surface area contributed by atoms with Gasteiger partial charge in [0, 0.05) is 6.04 Å². The lowest BCUT2D eigenvalue weighted by Crippen LogP contribution is -2.53. The summed E-state index contributed by atoms with van der Waals surface area (Å²) in [5.74, 6) is 0.417. The molecule has 1 aromatic rings. The molecule has 2 amide bonds. The van der Waals surface area contributed by atoms with Crippen molar-refractivity contribution in [2.75, 3.05) is 6.61 Å². The third-order valence-electron chi connectivity index (χ3n) is 5.57. The van der Waals surface area contributed by atoms with Gasteiger partial charge in [0.05, 0.1) is 12.5 Å². The van der Waals surface area contributed by atoms with Crippen LogP contribution in [0, 0.1) is 11.8 Å². The van der Waals surface area contributed by atoms with Crippen molar-refractivity contribution in [2.24, 2.45) is 11.8 Å². The zero-order valence-electron chi connectivity index (χ0n) is 14.1. The van der Waals surface area contributed by atoms with Gasteiger partial charge in [0.25, 0.3) is 0 Å². The second-order valence-corrected chi connectivity index (χ2v) is 7.17. The van der Waals surface area contributed by atoms with Gasteiger partial charge in [0.1, 0.15) is 6.04 Å². The van der Waals surface area contributed by atoms with Gasteiger partial charge in [0.15, 0.2) is 0 Å².